The molecule has 0 unspecified atom stereocenters. The molecule has 0 radical (unpaired) electrons. The van der Waals surface area contributed by atoms with Gasteiger partial charge in [-0.05, 0) is 25.1 Å². The Morgan fingerprint density at radius 1 is 1.56 bits per heavy atom. The molecule has 2 heterocycles. The first-order valence-corrected chi connectivity index (χ1v) is 5.50. The normalized spacial score (nSPS) is 20.1. The van der Waals surface area contributed by atoms with E-state index in [0.717, 1.165) is 19.4 Å². The molecule has 1 aliphatic heterocycles. The summed E-state index contributed by atoms with van der Waals surface area (Å²) in [6, 6.07) is 0. The van der Waals surface area contributed by atoms with Crippen LogP contribution in [0.4, 0.5) is 11.5 Å². The van der Waals surface area contributed by atoms with Crippen LogP contribution >= 0.6 is 12.2 Å². The maximum atomic E-state index is 11.3. The molecule has 0 amide bonds. The predicted octanol–water partition coefficient (Wildman–Crippen LogP) is 0.249. The number of nitrogen functional groups attached to an aromatic ring is 2. The largest absolute Gasteiger partial charge is 0.391 e. The van der Waals surface area contributed by atoms with Crippen LogP contribution in [0.2, 0.25) is 0 Å². The molecule has 0 bridgehead atoms. The average molecular weight is 242 g/mol. The van der Waals surface area contributed by atoms with Crippen molar-refractivity contribution in [2.24, 2.45) is 0 Å². The van der Waals surface area contributed by atoms with Gasteiger partial charge in [0.25, 0.3) is 5.56 Å². The molecule has 16 heavy (non-hydrogen) atoms. The van der Waals surface area contributed by atoms with Crippen LogP contribution in [0.3, 0.4) is 0 Å². The molecule has 88 valence electrons. The molecule has 1 saturated heterocycles. The van der Waals surface area contributed by atoms with Crippen LogP contribution < -0.4 is 17.0 Å². The fourth-order valence-electron chi connectivity index (χ4n) is 1.78. The van der Waals surface area contributed by atoms with Gasteiger partial charge in [-0.1, -0.05) is 0 Å². The fraction of sp³-hybridized carbons (Fsp3) is 0.556. The SMILES string of the molecule is Nc1c(N)n(C[C@H]2CCCO2)c(=S)[nH]c1=O. The van der Waals surface area contributed by atoms with Crippen molar-refractivity contribution < 1.29 is 4.74 Å². The van der Waals surface area contributed by atoms with Crippen molar-refractivity contribution in [1.82, 2.24) is 9.55 Å². The molecule has 2 rings (SSSR count). The third-order valence-electron chi connectivity index (χ3n) is 2.69. The summed E-state index contributed by atoms with van der Waals surface area (Å²) in [6.45, 7) is 1.29. The highest BCUT2D eigenvalue weighted by atomic mass is 32.1. The van der Waals surface area contributed by atoms with E-state index >= 15 is 0 Å². The maximum absolute atomic E-state index is 11.3. The van der Waals surface area contributed by atoms with Gasteiger partial charge in [-0.15, -0.1) is 0 Å². The summed E-state index contributed by atoms with van der Waals surface area (Å²) >= 11 is 5.04. The lowest BCUT2D eigenvalue weighted by Gasteiger charge is -2.15. The van der Waals surface area contributed by atoms with Crippen molar-refractivity contribution in [2.75, 3.05) is 18.1 Å². The highest BCUT2D eigenvalue weighted by Crippen LogP contribution is 2.17. The predicted molar refractivity (Wildman–Crippen MR) is 63.7 cm³/mol. The standard InChI is InChI=1S/C9H14N4O2S/c10-6-7(11)13(9(16)12-8(6)14)4-5-2-1-3-15-5/h5H,1-4,10-11H2,(H,12,14,16)/t5-/m1/s1. The van der Waals surface area contributed by atoms with Crippen molar-refractivity contribution in [2.45, 2.75) is 25.5 Å². The Labute approximate surface area is 97.2 Å². The van der Waals surface area contributed by atoms with Gasteiger partial charge in [-0.25, -0.2) is 0 Å². The second-order valence-corrected chi connectivity index (χ2v) is 4.19. The highest BCUT2D eigenvalue weighted by molar-refractivity contribution is 7.71. The lowest BCUT2D eigenvalue weighted by Crippen LogP contribution is -2.25. The monoisotopic (exact) mass is 242 g/mol. The number of hydrogen-bond acceptors (Lipinski definition) is 5. The van der Waals surface area contributed by atoms with Gasteiger partial charge in [0.15, 0.2) is 4.77 Å². The maximum Gasteiger partial charge on any atom is 0.277 e. The van der Waals surface area contributed by atoms with Crippen LogP contribution in [0.25, 0.3) is 0 Å². The molecule has 1 fully saturated rings. The molecule has 0 aromatic carbocycles. The first kappa shape index (κ1) is 11.2. The number of ether oxygens (including phenoxy) is 1. The topological polar surface area (TPSA) is 99.1 Å². The fourth-order valence-corrected chi connectivity index (χ4v) is 2.04. The van der Waals surface area contributed by atoms with Crippen molar-refractivity contribution in [3.63, 3.8) is 0 Å². The number of nitrogens with two attached hydrogens (primary N) is 2. The van der Waals surface area contributed by atoms with Crippen molar-refractivity contribution in [1.29, 1.82) is 0 Å². The Morgan fingerprint density at radius 3 is 2.94 bits per heavy atom. The van der Waals surface area contributed by atoms with E-state index in [4.69, 9.17) is 28.4 Å². The lowest BCUT2D eigenvalue weighted by atomic mass is 10.2. The zero-order chi connectivity index (χ0) is 11.7. The first-order valence-electron chi connectivity index (χ1n) is 5.09. The third-order valence-corrected chi connectivity index (χ3v) is 3.01. The van der Waals surface area contributed by atoms with E-state index in [9.17, 15) is 4.79 Å². The van der Waals surface area contributed by atoms with Gasteiger partial charge in [-0.2, -0.15) is 0 Å². The smallest absolute Gasteiger partial charge is 0.277 e. The van der Waals surface area contributed by atoms with Gasteiger partial charge < -0.3 is 20.8 Å². The Kier molecular flexibility index (Phi) is 2.97. The lowest BCUT2D eigenvalue weighted by molar-refractivity contribution is 0.0968. The Balaban J connectivity index is 2.36. The van der Waals surface area contributed by atoms with Crippen LogP contribution in [-0.4, -0.2) is 22.3 Å². The van der Waals surface area contributed by atoms with E-state index in [-0.39, 0.29) is 22.4 Å². The van der Waals surface area contributed by atoms with Gasteiger partial charge in [0, 0.05) is 6.61 Å². The van der Waals surface area contributed by atoms with Gasteiger partial charge in [0.05, 0.1) is 12.6 Å². The summed E-state index contributed by atoms with van der Waals surface area (Å²) in [6.07, 6.45) is 2.11. The molecule has 1 aromatic heterocycles. The van der Waals surface area contributed by atoms with Crippen LogP contribution in [0.1, 0.15) is 12.8 Å². The molecule has 0 spiro atoms. The Bertz CT molecular complexity index is 501. The summed E-state index contributed by atoms with van der Waals surface area (Å²) in [4.78, 5) is 13.8. The van der Waals surface area contributed by atoms with E-state index in [1.165, 1.54) is 0 Å². The molecule has 6 nitrogen and oxygen atoms in total. The minimum atomic E-state index is -0.439. The first-order chi connectivity index (χ1) is 7.59. The summed E-state index contributed by atoms with van der Waals surface area (Å²) in [5.74, 6) is 0.212. The minimum absolute atomic E-state index is 0.00611. The molecule has 1 atom stereocenters. The Morgan fingerprint density at radius 2 is 2.31 bits per heavy atom. The number of hydrogen-bond donors (Lipinski definition) is 3. The summed E-state index contributed by atoms with van der Waals surface area (Å²) in [5.41, 5.74) is 10.9. The number of nitrogens with zero attached hydrogens (tertiary/aromatic N) is 1. The molecule has 0 aliphatic carbocycles. The highest BCUT2D eigenvalue weighted by Gasteiger charge is 2.18. The minimum Gasteiger partial charge on any atom is -0.391 e. The molecular weight excluding hydrogens is 228 g/mol. The zero-order valence-electron chi connectivity index (χ0n) is 8.73. The van der Waals surface area contributed by atoms with Gasteiger partial charge in [0.2, 0.25) is 0 Å². The van der Waals surface area contributed by atoms with Crippen molar-refractivity contribution >= 4 is 23.7 Å². The zero-order valence-corrected chi connectivity index (χ0v) is 9.55. The van der Waals surface area contributed by atoms with E-state index in [1.54, 1.807) is 4.57 Å². The van der Waals surface area contributed by atoms with Crippen LogP contribution in [0.15, 0.2) is 4.79 Å². The Hall–Kier alpha value is -1.34. The summed E-state index contributed by atoms with van der Waals surface area (Å²) in [5, 5.41) is 0. The van der Waals surface area contributed by atoms with Crippen molar-refractivity contribution in [3.8, 4) is 0 Å². The number of aromatic nitrogens is 2. The molecule has 5 N–H and O–H groups in total. The molecule has 1 aromatic rings. The van der Waals surface area contributed by atoms with Gasteiger partial charge in [0.1, 0.15) is 11.5 Å². The molecule has 0 saturated carbocycles. The number of H-pyrrole nitrogens is 1. The van der Waals surface area contributed by atoms with Crippen LogP contribution in [-0.2, 0) is 11.3 Å². The van der Waals surface area contributed by atoms with Crippen LogP contribution in [0.5, 0.6) is 0 Å². The number of anilines is 2. The number of nitrogens with one attached hydrogen (secondary N) is 1. The molecule has 1 aliphatic rings. The van der Waals surface area contributed by atoms with E-state index < -0.39 is 5.56 Å². The van der Waals surface area contributed by atoms with E-state index in [0.29, 0.717) is 6.54 Å². The quantitative estimate of drug-likeness (QED) is 0.646. The van der Waals surface area contributed by atoms with Gasteiger partial charge >= 0.3 is 0 Å². The third kappa shape index (κ3) is 1.96. The summed E-state index contributed by atoms with van der Waals surface area (Å²) in [7, 11) is 0. The number of rotatable bonds is 2. The number of aromatic amines is 1. The summed E-state index contributed by atoms with van der Waals surface area (Å²) < 4.78 is 7.38. The molecule has 7 heteroatoms. The second-order valence-electron chi connectivity index (χ2n) is 3.80. The van der Waals surface area contributed by atoms with E-state index in [2.05, 4.69) is 4.98 Å². The van der Waals surface area contributed by atoms with E-state index in [1.807, 2.05) is 0 Å². The van der Waals surface area contributed by atoms with Crippen LogP contribution in [0, 0.1) is 4.77 Å². The molecular formula is C9H14N4O2S. The second kappa shape index (κ2) is 4.26. The van der Waals surface area contributed by atoms with Gasteiger partial charge in [-0.3, -0.25) is 9.78 Å². The van der Waals surface area contributed by atoms with Crippen molar-refractivity contribution in [3.05, 3.63) is 15.1 Å². The average Bonchev–Trinajstić information content (AvgIpc) is 2.74.